The number of carbonyl (C=O) groups excluding carboxylic acids is 2. The second kappa shape index (κ2) is 9.22. The molecule has 33 heavy (non-hydrogen) atoms. The highest BCUT2D eigenvalue weighted by atomic mass is 32.2. The molecule has 10 heteroatoms. The summed E-state index contributed by atoms with van der Waals surface area (Å²) in [6.07, 6.45) is 4.69. The number of rotatable bonds is 5. The Morgan fingerprint density at radius 1 is 1.24 bits per heavy atom. The van der Waals surface area contributed by atoms with Crippen molar-refractivity contribution in [1.29, 1.82) is 0 Å². The van der Waals surface area contributed by atoms with Crippen LogP contribution in [0, 0.1) is 0 Å². The van der Waals surface area contributed by atoms with E-state index in [0.29, 0.717) is 18.0 Å². The number of fused-ring (bicyclic) bond motifs is 1. The smallest absolute Gasteiger partial charge is 0.291 e. The van der Waals surface area contributed by atoms with Crippen molar-refractivity contribution in [3.63, 3.8) is 0 Å². The molecule has 2 N–H and O–H groups in total. The Hall–Kier alpha value is -3.40. The number of thioether (sulfide) groups is 1. The zero-order valence-corrected chi connectivity index (χ0v) is 19.1. The quantitative estimate of drug-likeness (QED) is 0.598. The second-order valence-electron chi connectivity index (χ2n) is 8.21. The van der Waals surface area contributed by atoms with Crippen LogP contribution >= 0.6 is 11.8 Å². The van der Waals surface area contributed by atoms with Gasteiger partial charge >= 0.3 is 0 Å². The van der Waals surface area contributed by atoms with E-state index in [4.69, 9.17) is 0 Å². The van der Waals surface area contributed by atoms with Gasteiger partial charge in [0.05, 0.1) is 5.69 Å². The summed E-state index contributed by atoms with van der Waals surface area (Å²) in [4.78, 5) is 39.6. The van der Waals surface area contributed by atoms with Crippen LogP contribution in [0.25, 0.3) is 0 Å². The molecule has 2 amide bonds. The summed E-state index contributed by atoms with van der Waals surface area (Å²) in [7, 11) is 1.74. The van der Waals surface area contributed by atoms with E-state index in [1.165, 1.54) is 11.8 Å². The van der Waals surface area contributed by atoms with Gasteiger partial charge in [0, 0.05) is 49.5 Å². The number of benzene rings is 1. The van der Waals surface area contributed by atoms with Crippen molar-refractivity contribution in [2.45, 2.75) is 30.2 Å². The average Bonchev–Trinajstić information content (AvgIpc) is 3.52. The maximum atomic E-state index is 13.2. The molecule has 1 saturated heterocycles. The largest absolute Gasteiger partial charge is 0.357 e. The lowest BCUT2D eigenvalue weighted by atomic mass is 10.1. The molecule has 2 aliphatic rings. The van der Waals surface area contributed by atoms with E-state index in [0.717, 1.165) is 47.9 Å². The summed E-state index contributed by atoms with van der Waals surface area (Å²) in [5.41, 5.74) is 1.89. The minimum Gasteiger partial charge on any atom is -0.357 e. The van der Waals surface area contributed by atoms with Gasteiger partial charge in [-0.25, -0.2) is 9.97 Å². The number of likely N-dealkylation sites (N-methyl/N-ethyl adjacent to an activating group) is 1. The molecule has 1 fully saturated rings. The van der Waals surface area contributed by atoms with Crippen molar-refractivity contribution in [1.82, 2.24) is 25.5 Å². The standard InChI is InChI=1S/C23H25N7O2S/c1-29-17-12-20(30-9-5-6-10-30)24-13-18(17)33-14-16(23(29)32)25-22(31)21-26-19(27-28-21)11-15-7-3-2-4-8-15/h2-4,7-8,12-13,16H,5-6,9-11,14H2,1H3,(H,25,31)(H,26,27,28)/t16-/m0/s1. The molecule has 5 rings (SSSR count). The van der Waals surface area contributed by atoms with Crippen molar-refractivity contribution in [2.75, 3.05) is 35.7 Å². The second-order valence-corrected chi connectivity index (χ2v) is 9.27. The lowest BCUT2D eigenvalue weighted by Gasteiger charge is -2.23. The van der Waals surface area contributed by atoms with Gasteiger partial charge < -0.3 is 15.1 Å². The summed E-state index contributed by atoms with van der Waals surface area (Å²) in [5.74, 6) is 1.28. The molecular weight excluding hydrogens is 438 g/mol. The fraction of sp³-hybridized carbons (Fsp3) is 0.348. The Labute approximate surface area is 196 Å². The SMILES string of the molecule is CN1C(=O)[C@@H](NC(=O)c2n[nH]c(Cc3ccccc3)n2)CSc2cnc(N3CCCC3)cc21. The number of amides is 2. The topological polar surface area (TPSA) is 107 Å². The van der Waals surface area contributed by atoms with Crippen LogP contribution in [0.15, 0.2) is 47.5 Å². The first-order chi connectivity index (χ1) is 16.1. The third kappa shape index (κ3) is 4.56. The maximum absolute atomic E-state index is 13.2. The Balaban J connectivity index is 1.27. The number of carbonyl (C=O) groups is 2. The molecule has 0 bridgehead atoms. The van der Waals surface area contributed by atoms with Crippen LogP contribution in [-0.2, 0) is 11.2 Å². The van der Waals surface area contributed by atoms with Gasteiger partial charge in [0.15, 0.2) is 0 Å². The number of nitrogens with one attached hydrogen (secondary N) is 2. The molecule has 0 radical (unpaired) electrons. The van der Waals surface area contributed by atoms with Gasteiger partial charge in [-0.2, -0.15) is 0 Å². The van der Waals surface area contributed by atoms with Crippen molar-refractivity contribution < 1.29 is 9.59 Å². The van der Waals surface area contributed by atoms with E-state index in [-0.39, 0.29) is 11.7 Å². The highest BCUT2D eigenvalue weighted by Crippen LogP contribution is 2.36. The van der Waals surface area contributed by atoms with E-state index in [1.807, 2.05) is 42.6 Å². The molecule has 0 aliphatic carbocycles. The van der Waals surface area contributed by atoms with Gasteiger partial charge in [-0.3, -0.25) is 14.7 Å². The molecule has 170 valence electrons. The molecule has 3 aromatic rings. The van der Waals surface area contributed by atoms with Crippen molar-refractivity contribution in [3.8, 4) is 0 Å². The van der Waals surface area contributed by atoms with E-state index in [9.17, 15) is 9.59 Å². The van der Waals surface area contributed by atoms with Gasteiger partial charge in [-0.1, -0.05) is 30.3 Å². The number of hydrogen-bond donors (Lipinski definition) is 2. The molecule has 1 atom stereocenters. The normalized spacial score (nSPS) is 18.2. The van der Waals surface area contributed by atoms with Gasteiger partial charge in [0.2, 0.25) is 11.7 Å². The third-order valence-electron chi connectivity index (χ3n) is 5.91. The highest BCUT2D eigenvalue weighted by Gasteiger charge is 2.31. The highest BCUT2D eigenvalue weighted by molar-refractivity contribution is 7.99. The van der Waals surface area contributed by atoms with Crippen LogP contribution in [0.5, 0.6) is 0 Å². The van der Waals surface area contributed by atoms with Crippen LogP contribution in [0.4, 0.5) is 11.5 Å². The molecule has 0 saturated carbocycles. The van der Waals surface area contributed by atoms with E-state index >= 15 is 0 Å². The fourth-order valence-corrected chi connectivity index (χ4v) is 5.15. The van der Waals surface area contributed by atoms with Gasteiger partial charge in [-0.15, -0.1) is 16.9 Å². The summed E-state index contributed by atoms with van der Waals surface area (Å²) >= 11 is 1.51. The maximum Gasteiger partial charge on any atom is 0.291 e. The molecular formula is C23H25N7O2S. The minimum absolute atomic E-state index is 0.0288. The van der Waals surface area contributed by atoms with E-state index in [1.54, 1.807) is 11.9 Å². The minimum atomic E-state index is -0.689. The van der Waals surface area contributed by atoms with Crippen LogP contribution in [-0.4, -0.2) is 63.9 Å². The molecule has 0 spiro atoms. The van der Waals surface area contributed by atoms with Crippen LogP contribution in [0.2, 0.25) is 0 Å². The first-order valence-electron chi connectivity index (χ1n) is 11.0. The Kier molecular flexibility index (Phi) is 5.99. The fourth-order valence-electron chi connectivity index (χ4n) is 4.10. The van der Waals surface area contributed by atoms with Gasteiger partial charge in [-0.05, 0) is 18.4 Å². The Bertz CT molecular complexity index is 1160. The number of pyridine rings is 1. The zero-order valence-electron chi connectivity index (χ0n) is 18.3. The summed E-state index contributed by atoms with van der Waals surface area (Å²) in [5, 5.41) is 9.67. The summed E-state index contributed by atoms with van der Waals surface area (Å²) < 4.78 is 0. The summed E-state index contributed by atoms with van der Waals surface area (Å²) in [6.45, 7) is 1.97. The lowest BCUT2D eigenvalue weighted by molar-refractivity contribution is -0.119. The van der Waals surface area contributed by atoms with E-state index < -0.39 is 11.9 Å². The van der Waals surface area contributed by atoms with Crippen molar-refractivity contribution >= 4 is 35.1 Å². The first kappa shape index (κ1) is 21.4. The predicted molar refractivity (Wildman–Crippen MR) is 127 cm³/mol. The van der Waals surface area contributed by atoms with Gasteiger partial charge in [0.1, 0.15) is 17.7 Å². The number of hydrogen-bond acceptors (Lipinski definition) is 7. The average molecular weight is 464 g/mol. The number of anilines is 2. The third-order valence-corrected chi connectivity index (χ3v) is 7.04. The van der Waals surface area contributed by atoms with Crippen LogP contribution in [0.3, 0.4) is 0 Å². The van der Waals surface area contributed by atoms with Crippen LogP contribution in [0.1, 0.15) is 34.8 Å². The molecule has 2 aliphatic heterocycles. The zero-order chi connectivity index (χ0) is 22.8. The van der Waals surface area contributed by atoms with Gasteiger partial charge in [0.25, 0.3) is 5.91 Å². The molecule has 9 nitrogen and oxygen atoms in total. The summed E-state index contributed by atoms with van der Waals surface area (Å²) in [6, 6.07) is 11.1. The monoisotopic (exact) mass is 463 g/mol. The van der Waals surface area contributed by atoms with Crippen molar-refractivity contribution in [3.05, 3.63) is 59.8 Å². The number of aromatic nitrogens is 4. The van der Waals surface area contributed by atoms with Crippen molar-refractivity contribution in [2.24, 2.45) is 0 Å². The predicted octanol–water partition coefficient (Wildman–Crippen LogP) is 2.26. The number of nitrogens with zero attached hydrogens (tertiary/aromatic N) is 5. The first-order valence-corrected chi connectivity index (χ1v) is 12.0. The molecule has 0 unspecified atom stereocenters. The number of H-pyrrole nitrogens is 1. The number of aromatic amines is 1. The molecule has 4 heterocycles. The molecule has 1 aromatic carbocycles. The van der Waals surface area contributed by atoms with E-state index in [2.05, 4.69) is 30.4 Å². The Morgan fingerprint density at radius 3 is 2.82 bits per heavy atom. The van der Waals surface area contributed by atoms with Crippen LogP contribution < -0.4 is 15.1 Å². The lowest BCUT2D eigenvalue weighted by Crippen LogP contribution is -2.48. The Morgan fingerprint density at radius 2 is 2.03 bits per heavy atom. The molecule has 2 aromatic heterocycles.